The average molecular weight is 217 g/mol. The van der Waals surface area contributed by atoms with Gasteiger partial charge < -0.3 is 5.32 Å². The summed E-state index contributed by atoms with van der Waals surface area (Å²) in [5, 5.41) is 2.88. The topological polar surface area (TPSA) is 59.1 Å². The van der Waals surface area contributed by atoms with Crippen LogP contribution in [-0.4, -0.2) is 20.9 Å². The molecular weight excluding hydrogens is 212 g/mol. The van der Waals surface area contributed by atoms with E-state index in [0.717, 1.165) is 0 Å². The molecule has 0 radical (unpaired) electrons. The van der Waals surface area contributed by atoms with Crippen molar-refractivity contribution in [3.8, 4) is 0 Å². The summed E-state index contributed by atoms with van der Waals surface area (Å²) in [7, 11) is -1.34. The normalized spacial score (nSPS) is 20.7. The third kappa shape index (κ3) is 1.45. The number of nitrogens with zero attached hydrogens (tertiary/aromatic N) is 1. The van der Waals surface area contributed by atoms with E-state index in [0.29, 0.717) is 15.6 Å². The minimum absolute atomic E-state index is 0.0310. The zero-order valence-electron chi connectivity index (χ0n) is 6.41. The summed E-state index contributed by atoms with van der Waals surface area (Å²) in [5.41, 5.74) is 0.446. The molecule has 1 aromatic rings. The maximum atomic E-state index is 11.5. The molecule has 1 aliphatic rings. The standard InChI is InChI=1S/C7H5ClN2O2S/c8-4-1-9-2-5-7(4)13(12)3-6(11)10-5/h1-2H,3H2,(H,10,11). The summed E-state index contributed by atoms with van der Waals surface area (Å²) in [4.78, 5) is 15.2. The molecule has 1 N–H and O–H groups in total. The first-order chi connectivity index (χ1) is 6.18. The quantitative estimate of drug-likeness (QED) is 0.698. The zero-order chi connectivity index (χ0) is 9.42. The second kappa shape index (κ2) is 3.08. The van der Waals surface area contributed by atoms with Crippen LogP contribution < -0.4 is 5.32 Å². The van der Waals surface area contributed by atoms with Crippen molar-refractivity contribution in [2.75, 3.05) is 11.1 Å². The summed E-state index contributed by atoms with van der Waals surface area (Å²) in [6.45, 7) is 0. The molecule has 0 saturated carbocycles. The van der Waals surface area contributed by atoms with Crippen LogP contribution in [0.4, 0.5) is 5.69 Å². The van der Waals surface area contributed by atoms with Crippen LogP contribution in [0.15, 0.2) is 17.3 Å². The number of hydrogen-bond donors (Lipinski definition) is 1. The van der Waals surface area contributed by atoms with Crippen LogP contribution in [0.5, 0.6) is 0 Å². The minimum atomic E-state index is -1.34. The first kappa shape index (κ1) is 8.65. The van der Waals surface area contributed by atoms with E-state index >= 15 is 0 Å². The Hall–Kier alpha value is -0.940. The molecule has 0 bridgehead atoms. The molecule has 1 aromatic heterocycles. The van der Waals surface area contributed by atoms with E-state index in [1.807, 2.05) is 0 Å². The van der Waals surface area contributed by atoms with Gasteiger partial charge in [0.2, 0.25) is 5.91 Å². The lowest BCUT2D eigenvalue weighted by Gasteiger charge is -2.15. The Morgan fingerprint density at radius 2 is 2.31 bits per heavy atom. The molecule has 1 unspecified atom stereocenters. The molecule has 0 aliphatic carbocycles. The Bertz CT molecular complexity index is 407. The van der Waals surface area contributed by atoms with E-state index in [1.54, 1.807) is 0 Å². The largest absolute Gasteiger partial charge is 0.323 e. The lowest BCUT2D eigenvalue weighted by Crippen LogP contribution is -2.26. The summed E-state index contributed by atoms with van der Waals surface area (Å²) in [6, 6.07) is 0. The van der Waals surface area contributed by atoms with Gasteiger partial charge in [0.15, 0.2) is 0 Å². The minimum Gasteiger partial charge on any atom is -0.323 e. The molecule has 0 aromatic carbocycles. The first-order valence-electron chi connectivity index (χ1n) is 3.50. The summed E-state index contributed by atoms with van der Waals surface area (Å²) < 4.78 is 11.5. The fourth-order valence-corrected chi connectivity index (χ4v) is 2.61. The second-order valence-electron chi connectivity index (χ2n) is 2.54. The van der Waals surface area contributed by atoms with Gasteiger partial charge in [-0.25, -0.2) is 0 Å². The molecule has 2 rings (SSSR count). The molecule has 1 amide bonds. The Balaban J connectivity index is 2.61. The monoisotopic (exact) mass is 216 g/mol. The Kier molecular flexibility index (Phi) is 2.05. The van der Waals surface area contributed by atoms with E-state index in [1.165, 1.54) is 12.4 Å². The van der Waals surface area contributed by atoms with E-state index < -0.39 is 10.8 Å². The van der Waals surface area contributed by atoms with E-state index in [-0.39, 0.29) is 11.7 Å². The third-order valence-electron chi connectivity index (χ3n) is 1.62. The molecule has 4 nitrogen and oxygen atoms in total. The van der Waals surface area contributed by atoms with Crippen molar-refractivity contribution in [3.05, 3.63) is 17.4 Å². The van der Waals surface area contributed by atoms with E-state index in [4.69, 9.17) is 11.6 Å². The SMILES string of the molecule is O=C1CS(=O)c2c(Cl)cncc2N1. The van der Waals surface area contributed by atoms with Crippen molar-refractivity contribution in [1.82, 2.24) is 4.98 Å². The number of hydrogen-bond acceptors (Lipinski definition) is 3. The highest BCUT2D eigenvalue weighted by atomic mass is 35.5. The van der Waals surface area contributed by atoms with Crippen LogP contribution in [0.2, 0.25) is 5.02 Å². The van der Waals surface area contributed by atoms with Gasteiger partial charge in [-0.3, -0.25) is 14.0 Å². The maximum absolute atomic E-state index is 11.5. The Morgan fingerprint density at radius 1 is 1.54 bits per heavy atom. The van der Waals surface area contributed by atoms with Gasteiger partial charge in [0.1, 0.15) is 5.75 Å². The van der Waals surface area contributed by atoms with Crippen LogP contribution in [0.1, 0.15) is 0 Å². The van der Waals surface area contributed by atoms with Crippen LogP contribution in [0, 0.1) is 0 Å². The predicted molar refractivity (Wildman–Crippen MR) is 49.2 cm³/mol. The lowest BCUT2D eigenvalue weighted by molar-refractivity contribution is -0.113. The van der Waals surface area contributed by atoms with Crippen LogP contribution in [0.25, 0.3) is 0 Å². The van der Waals surface area contributed by atoms with Crippen molar-refractivity contribution in [1.29, 1.82) is 0 Å². The molecule has 0 saturated heterocycles. The highest BCUT2D eigenvalue weighted by Crippen LogP contribution is 2.29. The molecule has 6 heteroatoms. The number of halogens is 1. The molecule has 1 aliphatic heterocycles. The van der Waals surface area contributed by atoms with Gasteiger partial charge in [-0.05, 0) is 0 Å². The van der Waals surface area contributed by atoms with Crippen molar-refractivity contribution >= 4 is 34.0 Å². The highest BCUT2D eigenvalue weighted by molar-refractivity contribution is 7.86. The smallest absolute Gasteiger partial charge is 0.237 e. The zero-order valence-corrected chi connectivity index (χ0v) is 7.98. The van der Waals surface area contributed by atoms with Crippen LogP contribution >= 0.6 is 11.6 Å². The fraction of sp³-hybridized carbons (Fsp3) is 0.143. The van der Waals surface area contributed by atoms with Gasteiger partial charge in [-0.2, -0.15) is 0 Å². The molecule has 0 spiro atoms. The van der Waals surface area contributed by atoms with Gasteiger partial charge in [-0.1, -0.05) is 11.6 Å². The number of carbonyl (C=O) groups excluding carboxylic acids is 1. The van der Waals surface area contributed by atoms with E-state index in [2.05, 4.69) is 10.3 Å². The number of anilines is 1. The summed E-state index contributed by atoms with van der Waals surface area (Å²) >= 11 is 5.78. The number of amides is 1. The summed E-state index contributed by atoms with van der Waals surface area (Å²) in [6.07, 6.45) is 2.85. The molecule has 1 atom stereocenters. The van der Waals surface area contributed by atoms with E-state index in [9.17, 15) is 9.00 Å². The predicted octanol–water partition coefficient (Wildman–Crippen LogP) is 0.795. The van der Waals surface area contributed by atoms with Crippen LogP contribution in [0.3, 0.4) is 0 Å². The highest BCUT2D eigenvalue weighted by Gasteiger charge is 2.23. The number of aromatic nitrogens is 1. The Morgan fingerprint density at radius 3 is 3.08 bits per heavy atom. The lowest BCUT2D eigenvalue weighted by atomic mass is 10.4. The first-order valence-corrected chi connectivity index (χ1v) is 5.20. The molecular formula is C7H5ClN2O2S. The molecule has 0 fully saturated rings. The molecule has 13 heavy (non-hydrogen) atoms. The third-order valence-corrected chi connectivity index (χ3v) is 3.44. The molecule has 2 heterocycles. The van der Waals surface area contributed by atoms with Crippen LogP contribution in [-0.2, 0) is 15.6 Å². The van der Waals surface area contributed by atoms with Crippen molar-refractivity contribution < 1.29 is 9.00 Å². The number of rotatable bonds is 0. The van der Waals surface area contributed by atoms with Crippen molar-refractivity contribution in [2.24, 2.45) is 0 Å². The van der Waals surface area contributed by atoms with Gasteiger partial charge in [0.05, 0.1) is 32.6 Å². The van der Waals surface area contributed by atoms with Gasteiger partial charge in [0.25, 0.3) is 0 Å². The number of nitrogens with one attached hydrogen (secondary N) is 1. The van der Waals surface area contributed by atoms with Crippen molar-refractivity contribution in [2.45, 2.75) is 4.90 Å². The summed E-state index contributed by atoms with van der Waals surface area (Å²) in [5.74, 6) is -0.300. The number of fused-ring (bicyclic) bond motifs is 1. The maximum Gasteiger partial charge on any atom is 0.237 e. The van der Waals surface area contributed by atoms with Gasteiger partial charge in [0, 0.05) is 6.20 Å². The fourth-order valence-electron chi connectivity index (χ4n) is 1.12. The van der Waals surface area contributed by atoms with Crippen molar-refractivity contribution in [3.63, 3.8) is 0 Å². The number of pyridine rings is 1. The average Bonchev–Trinajstić information content (AvgIpc) is 2.02. The molecule has 68 valence electrons. The second-order valence-corrected chi connectivity index (χ2v) is 4.33. The number of carbonyl (C=O) groups is 1. The van der Waals surface area contributed by atoms with Gasteiger partial charge >= 0.3 is 0 Å². The van der Waals surface area contributed by atoms with Gasteiger partial charge in [-0.15, -0.1) is 0 Å². The Labute approximate surface area is 81.8 Å².